The Morgan fingerprint density at radius 2 is 2.21 bits per heavy atom. The lowest BCUT2D eigenvalue weighted by molar-refractivity contribution is 0.0410. The van der Waals surface area contributed by atoms with Crippen molar-refractivity contribution in [3.05, 3.63) is 0 Å². The molecule has 0 aromatic carbocycles. The van der Waals surface area contributed by atoms with Crippen molar-refractivity contribution in [3.8, 4) is 0 Å². The predicted octanol–water partition coefficient (Wildman–Crippen LogP) is -0.104. The highest BCUT2D eigenvalue weighted by atomic mass is 32.2. The second-order valence-electron chi connectivity index (χ2n) is 2.98. The second-order valence-corrected chi connectivity index (χ2v) is 3.88. The molecule has 1 fully saturated rings. The van der Waals surface area contributed by atoms with Gasteiger partial charge in [-0.25, -0.2) is 4.79 Å². The van der Waals surface area contributed by atoms with E-state index >= 15 is 0 Å². The standard InChI is InChI=1S/C8H17N3O2S/c1-9-8(12)10-14-7-4-11-2-5-13-6-3-11/h2-7H2,1H3,(H2,9,10,12). The minimum atomic E-state index is -0.142. The van der Waals surface area contributed by atoms with Crippen LogP contribution in [0.1, 0.15) is 0 Å². The van der Waals surface area contributed by atoms with Gasteiger partial charge in [-0.3, -0.25) is 9.62 Å². The van der Waals surface area contributed by atoms with Gasteiger partial charge in [-0.05, 0) is 11.9 Å². The monoisotopic (exact) mass is 219 g/mol. The minimum absolute atomic E-state index is 0.142. The number of urea groups is 1. The maximum atomic E-state index is 10.8. The molecule has 0 unspecified atom stereocenters. The van der Waals surface area contributed by atoms with Crippen LogP contribution in [0.15, 0.2) is 0 Å². The number of nitrogens with one attached hydrogen (secondary N) is 2. The molecule has 0 aliphatic carbocycles. The summed E-state index contributed by atoms with van der Waals surface area (Å²) >= 11 is 1.44. The highest BCUT2D eigenvalue weighted by molar-refractivity contribution is 7.97. The summed E-state index contributed by atoms with van der Waals surface area (Å²) in [6.45, 7) is 4.65. The quantitative estimate of drug-likeness (QED) is 0.512. The summed E-state index contributed by atoms with van der Waals surface area (Å²) in [6, 6.07) is -0.142. The first kappa shape index (κ1) is 11.6. The number of rotatable bonds is 4. The summed E-state index contributed by atoms with van der Waals surface area (Å²) in [4.78, 5) is 13.1. The van der Waals surface area contributed by atoms with Gasteiger partial charge in [-0.15, -0.1) is 0 Å². The van der Waals surface area contributed by atoms with Crippen molar-refractivity contribution >= 4 is 18.0 Å². The van der Waals surface area contributed by atoms with Crippen LogP contribution >= 0.6 is 11.9 Å². The number of amides is 2. The molecule has 14 heavy (non-hydrogen) atoms. The Morgan fingerprint density at radius 1 is 1.50 bits per heavy atom. The zero-order valence-corrected chi connectivity index (χ0v) is 9.23. The molecule has 6 heteroatoms. The third-order valence-corrected chi connectivity index (χ3v) is 2.72. The lowest BCUT2D eigenvalue weighted by Gasteiger charge is -2.26. The maximum absolute atomic E-state index is 10.8. The van der Waals surface area contributed by atoms with E-state index in [0.29, 0.717) is 0 Å². The molecule has 1 aliphatic rings. The highest BCUT2D eigenvalue weighted by Gasteiger charge is 2.09. The van der Waals surface area contributed by atoms with Crippen LogP contribution in [0, 0.1) is 0 Å². The van der Waals surface area contributed by atoms with Gasteiger partial charge < -0.3 is 10.1 Å². The number of hydrogen-bond donors (Lipinski definition) is 2. The molecular formula is C8H17N3O2S. The number of hydrogen-bond acceptors (Lipinski definition) is 4. The molecule has 0 spiro atoms. The Hall–Kier alpha value is -0.460. The molecular weight excluding hydrogens is 202 g/mol. The minimum Gasteiger partial charge on any atom is -0.379 e. The normalized spacial score (nSPS) is 17.8. The van der Waals surface area contributed by atoms with Crippen molar-refractivity contribution in [1.82, 2.24) is 14.9 Å². The van der Waals surface area contributed by atoms with Crippen molar-refractivity contribution in [1.29, 1.82) is 0 Å². The fourth-order valence-corrected chi connectivity index (χ4v) is 1.85. The molecule has 2 amide bonds. The summed E-state index contributed by atoms with van der Waals surface area (Å²) in [5.74, 6) is 0.910. The average Bonchev–Trinajstić information content (AvgIpc) is 2.25. The topological polar surface area (TPSA) is 53.6 Å². The molecule has 1 saturated heterocycles. The summed E-state index contributed by atoms with van der Waals surface area (Å²) in [6.07, 6.45) is 0. The molecule has 1 rings (SSSR count). The average molecular weight is 219 g/mol. The van der Waals surface area contributed by atoms with Gasteiger partial charge in [0.15, 0.2) is 0 Å². The third-order valence-electron chi connectivity index (χ3n) is 2.01. The first-order valence-electron chi connectivity index (χ1n) is 4.72. The number of nitrogens with zero attached hydrogens (tertiary/aromatic N) is 1. The number of morpholine rings is 1. The fourth-order valence-electron chi connectivity index (χ4n) is 1.17. The first-order valence-corrected chi connectivity index (χ1v) is 5.71. The van der Waals surface area contributed by atoms with E-state index in [1.165, 1.54) is 11.9 Å². The van der Waals surface area contributed by atoms with Gasteiger partial charge in [-0.2, -0.15) is 0 Å². The van der Waals surface area contributed by atoms with E-state index in [9.17, 15) is 4.79 Å². The number of carbonyl (C=O) groups excluding carboxylic acids is 1. The van der Waals surface area contributed by atoms with Gasteiger partial charge in [0.1, 0.15) is 0 Å². The van der Waals surface area contributed by atoms with E-state index in [2.05, 4.69) is 14.9 Å². The summed E-state index contributed by atoms with van der Waals surface area (Å²) in [7, 11) is 1.61. The fraction of sp³-hybridized carbons (Fsp3) is 0.875. The van der Waals surface area contributed by atoms with Crippen LogP contribution in [0.25, 0.3) is 0 Å². The van der Waals surface area contributed by atoms with Gasteiger partial charge in [0.05, 0.1) is 13.2 Å². The summed E-state index contributed by atoms with van der Waals surface area (Å²) in [5, 5.41) is 2.50. The van der Waals surface area contributed by atoms with Gasteiger partial charge in [0.2, 0.25) is 0 Å². The lowest BCUT2D eigenvalue weighted by Crippen LogP contribution is -2.38. The molecule has 1 heterocycles. The van der Waals surface area contributed by atoms with Crippen molar-refractivity contribution in [2.75, 3.05) is 45.6 Å². The van der Waals surface area contributed by atoms with Crippen molar-refractivity contribution in [2.24, 2.45) is 0 Å². The van der Waals surface area contributed by atoms with E-state index in [1.807, 2.05) is 0 Å². The lowest BCUT2D eigenvalue weighted by atomic mass is 10.4. The van der Waals surface area contributed by atoms with Gasteiger partial charge in [-0.1, -0.05) is 0 Å². The van der Waals surface area contributed by atoms with Crippen LogP contribution in [0.3, 0.4) is 0 Å². The molecule has 82 valence electrons. The molecule has 0 radical (unpaired) electrons. The summed E-state index contributed by atoms with van der Waals surface area (Å²) in [5.41, 5.74) is 0. The van der Waals surface area contributed by atoms with Crippen molar-refractivity contribution in [3.63, 3.8) is 0 Å². The van der Waals surface area contributed by atoms with Gasteiger partial charge >= 0.3 is 6.03 Å². The van der Waals surface area contributed by atoms with Crippen LogP contribution in [0.4, 0.5) is 4.79 Å². The maximum Gasteiger partial charge on any atom is 0.324 e. The molecule has 0 saturated carbocycles. The van der Waals surface area contributed by atoms with E-state index in [-0.39, 0.29) is 6.03 Å². The van der Waals surface area contributed by atoms with Crippen LogP contribution in [0.2, 0.25) is 0 Å². The third kappa shape index (κ3) is 4.69. The SMILES string of the molecule is CNC(=O)NSCCN1CCOCC1. The van der Waals surface area contributed by atoms with E-state index in [1.54, 1.807) is 7.05 Å². The molecule has 5 nitrogen and oxygen atoms in total. The van der Waals surface area contributed by atoms with Crippen LogP contribution in [-0.4, -0.2) is 56.6 Å². The second kappa shape index (κ2) is 6.92. The van der Waals surface area contributed by atoms with Crippen LogP contribution in [0.5, 0.6) is 0 Å². The summed E-state index contributed by atoms with van der Waals surface area (Å²) < 4.78 is 7.91. The smallest absolute Gasteiger partial charge is 0.324 e. The van der Waals surface area contributed by atoms with Crippen molar-refractivity contribution < 1.29 is 9.53 Å². The first-order chi connectivity index (χ1) is 6.83. The van der Waals surface area contributed by atoms with Gasteiger partial charge in [0.25, 0.3) is 0 Å². The zero-order chi connectivity index (χ0) is 10.2. The molecule has 0 bridgehead atoms. The zero-order valence-electron chi connectivity index (χ0n) is 8.41. The van der Waals surface area contributed by atoms with Crippen LogP contribution < -0.4 is 10.0 Å². The molecule has 1 aliphatic heterocycles. The Morgan fingerprint density at radius 3 is 2.86 bits per heavy atom. The van der Waals surface area contributed by atoms with E-state index < -0.39 is 0 Å². The Bertz CT molecular complexity index is 174. The molecule has 0 aromatic heterocycles. The van der Waals surface area contributed by atoms with E-state index in [0.717, 1.165) is 38.6 Å². The Kier molecular flexibility index (Phi) is 5.74. The Balaban J connectivity index is 1.94. The number of carbonyl (C=O) groups is 1. The van der Waals surface area contributed by atoms with Crippen molar-refractivity contribution in [2.45, 2.75) is 0 Å². The molecule has 2 N–H and O–H groups in total. The molecule has 0 atom stereocenters. The van der Waals surface area contributed by atoms with Crippen LogP contribution in [-0.2, 0) is 4.74 Å². The Labute approximate surface area is 88.7 Å². The van der Waals surface area contributed by atoms with E-state index in [4.69, 9.17) is 4.74 Å². The largest absolute Gasteiger partial charge is 0.379 e. The van der Waals surface area contributed by atoms with Gasteiger partial charge in [0, 0.05) is 32.4 Å². The predicted molar refractivity (Wildman–Crippen MR) is 57.3 cm³/mol. The molecule has 0 aromatic rings. The number of ether oxygens (including phenoxy) is 1. The highest BCUT2D eigenvalue weighted by Crippen LogP contribution is 1.99.